The number of aromatic nitrogens is 1. The highest BCUT2D eigenvalue weighted by molar-refractivity contribution is 6.29. The quantitative estimate of drug-likeness (QED) is 0.484. The Morgan fingerprint density at radius 3 is 2.63 bits per heavy atom. The molecule has 0 bridgehead atoms. The van der Waals surface area contributed by atoms with Crippen molar-refractivity contribution in [2.24, 2.45) is 0 Å². The SMILES string of the molecule is CCC(C)(C)N(C)C(=O)c1cc(Cl)ncc1[N+](=O)[O-]. The molecule has 0 N–H and O–H groups in total. The Labute approximate surface area is 116 Å². The van der Waals surface area contributed by atoms with Crippen LogP contribution in [-0.4, -0.2) is 33.3 Å². The number of nitro groups is 1. The Morgan fingerprint density at radius 1 is 1.58 bits per heavy atom. The maximum atomic E-state index is 12.4. The van der Waals surface area contributed by atoms with E-state index in [-0.39, 0.29) is 16.4 Å². The lowest BCUT2D eigenvalue weighted by atomic mass is 9.99. The van der Waals surface area contributed by atoms with Gasteiger partial charge in [0.15, 0.2) is 0 Å². The number of rotatable bonds is 4. The Bertz CT molecular complexity index is 517. The van der Waals surface area contributed by atoms with Crippen molar-refractivity contribution in [1.29, 1.82) is 0 Å². The van der Waals surface area contributed by atoms with Gasteiger partial charge in [-0.05, 0) is 26.3 Å². The van der Waals surface area contributed by atoms with Crippen molar-refractivity contribution in [1.82, 2.24) is 9.88 Å². The summed E-state index contributed by atoms with van der Waals surface area (Å²) in [5.41, 5.74) is -0.789. The van der Waals surface area contributed by atoms with Crippen molar-refractivity contribution in [2.45, 2.75) is 32.7 Å². The molecular formula is C12H16ClN3O3. The van der Waals surface area contributed by atoms with E-state index in [2.05, 4.69) is 4.98 Å². The second kappa shape index (κ2) is 5.52. The van der Waals surface area contributed by atoms with Crippen LogP contribution in [-0.2, 0) is 0 Å². The van der Waals surface area contributed by atoms with E-state index in [0.29, 0.717) is 0 Å². The molecule has 0 saturated carbocycles. The van der Waals surface area contributed by atoms with Gasteiger partial charge in [-0.15, -0.1) is 0 Å². The topological polar surface area (TPSA) is 76.3 Å². The van der Waals surface area contributed by atoms with E-state index < -0.39 is 16.4 Å². The van der Waals surface area contributed by atoms with E-state index in [4.69, 9.17) is 11.6 Å². The number of hydrogen-bond donors (Lipinski definition) is 0. The lowest BCUT2D eigenvalue weighted by Crippen LogP contribution is -2.44. The van der Waals surface area contributed by atoms with Gasteiger partial charge in [0, 0.05) is 12.6 Å². The third-order valence-electron chi connectivity index (χ3n) is 3.35. The van der Waals surface area contributed by atoms with Gasteiger partial charge in [0.2, 0.25) is 0 Å². The molecule has 0 radical (unpaired) electrons. The van der Waals surface area contributed by atoms with Crippen LogP contribution in [0.2, 0.25) is 5.15 Å². The van der Waals surface area contributed by atoms with Crippen LogP contribution in [0.15, 0.2) is 12.3 Å². The fourth-order valence-corrected chi connectivity index (χ4v) is 1.59. The zero-order chi connectivity index (χ0) is 14.8. The molecular weight excluding hydrogens is 270 g/mol. The molecule has 7 heteroatoms. The fraction of sp³-hybridized carbons (Fsp3) is 0.500. The summed E-state index contributed by atoms with van der Waals surface area (Å²) in [4.78, 5) is 27.8. The van der Waals surface area contributed by atoms with Crippen LogP contribution in [0.4, 0.5) is 5.69 Å². The van der Waals surface area contributed by atoms with Crippen molar-refractivity contribution >= 4 is 23.2 Å². The molecule has 1 heterocycles. The average Bonchev–Trinajstić information content (AvgIpc) is 2.36. The summed E-state index contributed by atoms with van der Waals surface area (Å²) in [5, 5.41) is 11.0. The summed E-state index contributed by atoms with van der Waals surface area (Å²) < 4.78 is 0. The van der Waals surface area contributed by atoms with Crippen molar-refractivity contribution in [3.05, 3.63) is 33.1 Å². The van der Waals surface area contributed by atoms with E-state index in [1.165, 1.54) is 11.0 Å². The zero-order valence-corrected chi connectivity index (χ0v) is 12.1. The Kier molecular flexibility index (Phi) is 4.47. The number of pyridine rings is 1. The minimum absolute atomic E-state index is 0.0472. The minimum Gasteiger partial charge on any atom is -0.336 e. The molecule has 0 atom stereocenters. The summed E-state index contributed by atoms with van der Waals surface area (Å²) >= 11 is 5.71. The third kappa shape index (κ3) is 3.20. The first kappa shape index (κ1) is 15.4. The highest BCUT2D eigenvalue weighted by atomic mass is 35.5. The van der Waals surface area contributed by atoms with Crippen LogP contribution in [0, 0.1) is 10.1 Å². The third-order valence-corrected chi connectivity index (χ3v) is 3.56. The highest BCUT2D eigenvalue weighted by Gasteiger charge is 2.31. The molecule has 0 aromatic carbocycles. The van der Waals surface area contributed by atoms with Gasteiger partial charge in [-0.25, -0.2) is 4.98 Å². The first-order valence-corrected chi connectivity index (χ1v) is 6.16. The van der Waals surface area contributed by atoms with Gasteiger partial charge in [-0.1, -0.05) is 18.5 Å². The van der Waals surface area contributed by atoms with Crippen LogP contribution in [0.5, 0.6) is 0 Å². The molecule has 0 saturated heterocycles. The van der Waals surface area contributed by atoms with Crippen molar-refractivity contribution in [2.75, 3.05) is 7.05 Å². The van der Waals surface area contributed by atoms with Crippen LogP contribution in [0.3, 0.4) is 0 Å². The van der Waals surface area contributed by atoms with Crippen LogP contribution in [0.25, 0.3) is 0 Å². The first-order chi connectivity index (χ1) is 8.70. The zero-order valence-electron chi connectivity index (χ0n) is 11.3. The van der Waals surface area contributed by atoms with Gasteiger partial charge in [-0.2, -0.15) is 0 Å². The summed E-state index contributed by atoms with van der Waals surface area (Å²) in [6, 6.07) is 1.23. The second-order valence-corrected chi connectivity index (χ2v) is 5.20. The number of halogens is 1. The molecule has 1 amide bonds. The van der Waals surface area contributed by atoms with Gasteiger partial charge in [0.25, 0.3) is 11.6 Å². The Morgan fingerprint density at radius 2 is 2.16 bits per heavy atom. The predicted molar refractivity (Wildman–Crippen MR) is 72.4 cm³/mol. The van der Waals surface area contributed by atoms with Crippen LogP contribution >= 0.6 is 11.6 Å². The van der Waals surface area contributed by atoms with E-state index in [1.54, 1.807) is 7.05 Å². The average molecular weight is 286 g/mol. The lowest BCUT2D eigenvalue weighted by Gasteiger charge is -2.34. The molecule has 0 spiro atoms. The van der Waals surface area contributed by atoms with Gasteiger partial charge in [-0.3, -0.25) is 14.9 Å². The molecule has 1 aromatic heterocycles. The van der Waals surface area contributed by atoms with Crippen LogP contribution < -0.4 is 0 Å². The summed E-state index contributed by atoms with van der Waals surface area (Å²) in [5.74, 6) is -0.442. The van der Waals surface area contributed by atoms with E-state index in [1.807, 2.05) is 20.8 Å². The fourth-order valence-electron chi connectivity index (χ4n) is 1.43. The summed E-state index contributed by atoms with van der Waals surface area (Å²) in [6.45, 7) is 5.72. The molecule has 6 nitrogen and oxygen atoms in total. The molecule has 0 aliphatic carbocycles. The molecule has 104 valence electrons. The molecule has 1 rings (SSSR count). The van der Waals surface area contributed by atoms with Crippen molar-refractivity contribution in [3.8, 4) is 0 Å². The molecule has 0 fully saturated rings. The molecule has 1 aromatic rings. The number of hydrogen-bond acceptors (Lipinski definition) is 4. The van der Waals surface area contributed by atoms with Crippen molar-refractivity contribution in [3.63, 3.8) is 0 Å². The Balaban J connectivity index is 3.26. The van der Waals surface area contributed by atoms with E-state index in [9.17, 15) is 14.9 Å². The predicted octanol–water partition coefficient (Wildman–Crippen LogP) is 2.90. The van der Waals surface area contributed by atoms with E-state index in [0.717, 1.165) is 12.6 Å². The van der Waals surface area contributed by atoms with Crippen LogP contribution in [0.1, 0.15) is 37.6 Å². The van der Waals surface area contributed by atoms with E-state index >= 15 is 0 Å². The maximum absolute atomic E-state index is 12.4. The highest BCUT2D eigenvalue weighted by Crippen LogP contribution is 2.25. The summed E-state index contributed by atoms with van der Waals surface area (Å²) in [7, 11) is 1.61. The molecule has 0 unspecified atom stereocenters. The second-order valence-electron chi connectivity index (χ2n) is 4.81. The number of amides is 1. The number of nitrogens with zero attached hydrogens (tertiary/aromatic N) is 3. The van der Waals surface area contributed by atoms with Gasteiger partial charge in [0.05, 0.1) is 4.92 Å². The Hall–Kier alpha value is -1.69. The normalized spacial score (nSPS) is 11.2. The van der Waals surface area contributed by atoms with Crippen molar-refractivity contribution < 1.29 is 9.72 Å². The van der Waals surface area contributed by atoms with Gasteiger partial charge >= 0.3 is 0 Å². The minimum atomic E-state index is -0.636. The largest absolute Gasteiger partial charge is 0.336 e. The van der Waals surface area contributed by atoms with Gasteiger partial charge in [0.1, 0.15) is 16.9 Å². The smallest absolute Gasteiger partial charge is 0.300 e. The lowest BCUT2D eigenvalue weighted by molar-refractivity contribution is -0.385. The number of carbonyl (C=O) groups is 1. The maximum Gasteiger partial charge on any atom is 0.300 e. The standard InChI is InChI=1S/C12H16ClN3O3/c1-5-12(2,3)15(4)11(17)8-6-10(13)14-7-9(8)16(18)19/h6-7H,5H2,1-4H3. The number of carbonyl (C=O) groups excluding carboxylic acids is 1. The molecule has 0 aliphatic rings. The molecule has 19 heavy (non-hydrogen) atoms. The monoisotopic (exact) mass is 285 g/mol. The van der Waals surface area contributed by atoms with Gasteiger partial charge < -0.3 is 4.90 Å². The first-order valence-electron chi connectivity index (χ1n) is 5.78. The molecule has 0 aliphatic heterocycles. The summed E-state index contributed by atoms with van der Waals surface area (Å²) in [6.07, 6.45) is 1.73.